The lowest BCUT2D eigenvalue weighted by molar-refractivity contribution is 0.860. The molecule has 0 aromatic carbocycles. The molecule has 0 bridgehead atoms. The number of hydrogen-bond acceptors (Lipinski definition) is 1. The molecule has 0 amide bonds. The smallest absolute Gasteiger partial charge is 0.115 e. The summed E-state index contributed by atoms with van der Waals surface area (Å²) in [5.74, 6) is 0.510. The van der Waals surface area contributed by atoms with Crippen molar-refractivity contribution in [3.8, 4) is 0 Å². The van der Waals surface area contributed by atoms with Gasteiger partial charge in [-0.15, -0.1) is 0 Å². The van der Waals surface area contributed by atoms with Gasteiger partial charge in [0.2, 0.25) is 0 Å². The van der Waals surface area contributed by atoms with Crippen LogP contribution in [0.15, 0.2) is 18.5 Å². The predicted molar refractivity (Wildman–Crippen MR) is 43.7 cm³/mol. The van der Waals surface area contributed by atoms with Crippen molar-refractivity contribution in [1.82, 2.24) is 4.98 Å². The maximum atomic E-state index is 5.53. The van der Waals surface area contributed by atoms with Crippen molar-refractivity contribution < 1.29 is 0 Å². The molecule has 10 heavy (non-hydrogen) atoms. The molecule has 0 unspecified atom stereocenters. The summed E-state index contributed by atoms with van der Waals surface area (Å²) >= 11 is 0. The van der Waals surface area contributed by atoms with E-state index >= 15 is 0 Å². The van der Waals surface area contributed by atoms with E-state index < -0.39 is 0 Å². The van der Waals surface area contributed by atoms with E-state index in [0.29, 0.717) is 5.92 Å². The Hall–Kier alpha value is -0.785. The Morgan fingerprint density at radius 2 is 2.10 bits per heavy atom. The van der Waals surface area contributed by atoms with Crippen molar-refractivity contribution >= 4 is 13.3 Å². The molecular weight excluding hydrogens is 121 g/mol. The molecule has 2 heteroatoms. The van der Waals surface area contributed by atoms with Crippen LogP contribution in [0.1, 0.15) is 25.3 Å². The van der Waals surface area contributed by atoms with E-state index in [2.05, 4.69) is 18.8 Å². The minimum absolute atomic E-state index is 0.510. The molecule has 0 aliphatic carbocycles. The van der Waals surface area contributed by atoms with Crippen LogP contribution in [0, 0.1) is 0 Å². The highest BCUT2D eigenvalue weighted by atomic mass is 14.6. The third-order valence-electron chi connectivity index (χ3n) is 1.45. The molecule has 1 aromatic rings. The molecular formula is C8H10BN. The summed E-state index contributed by atoms with van der Waals surface area (Å²) in [4.78, 5) is 3.98. The summed E-state index contributed by atoms with van der Waals surface area (Å²) in [6, 6.07) is 1.96. The SMILES string of the molecule is [B]c1cncc(C(C)C)c1. The molecule has 50 valence electrons. The van der Waals surface area contributed by atoms with E-state index in [9.17, 15) is 0 Å². The molecule has 1 rings (SSSR count). The fraction of sp³-hybridized carbons (Fsp3) is 0.375. The van der Waals surface area contributed by atoms with E-state index in [-0.39, 0.29) is 0 Å². The van der Waals surface area contributed by atoms with Gasteiger partial charge in [0.1, 0.15) is 7.85 Å². The van der Waals surface area contributed by atoms with Crippen molar-refractivity contribution in [2.45, 2.75) is 19.8 Å². The topological polar surface area (TPSA) is 12.9 Å². The first-order valence-electron chi connectivity index (χ1n) is 3.40. The largest absolute Gasteiger partial charge is 0.265 e. The van der Waals surface area contributed by atoms with Gasteiger partial charge >= 0.3 is 0 Å². The van der Waals surface area contributed by atoms with Crippen molar-refractivity contribution in [3.63, 3.8) is 0 Å². The van der Waals surface area contributed by atoms with Crippen molar-refractivity contribution in [2.24, 2.45) is 0 Å². The number of rotatable bonds is 1. The van der Waals surface area contributed by atoms with Crippen LogP contribution in [-0.4, -0.2) is 12.8 Å². The molecule has 1 heterocycles. The molecule has 1 nitrogen and oxygen atoms in total. The number of pyridine rings is 1. The average molecular weight is 131 g/mol. The second-order valence-electron chi connectivity index (χ2n) is 2.71. The zero-order chi connectivity index (χ0) is 7.56. The van der Waals surface area contributed by atoms with Crippen LogP contribution in [0.2, 0.25) is 0 Å². The van der Waals surface area contributed by atoms with E-state index in [1.54, 1.807) is 6.20 Å². The van der Waals surface area contributed by atoms with E-state index in [0.717, 1.165) is 5.46 Å². The van der Waals surface area contributed by atoms with Crippen LogP contribution in [0.4, 0.5) is 0 Å². The lowest BCUT2D eigenvalue weighted by Crippen LogP contribution is -2.04. The fourth-order valence-corrected chi connectivity index (χ4v) is 0.792. The normalized spacial score (nSPS) is 10.3. The molecule has 2 radical (unpaired) electrons. The molecule has 0 spiro atoms. The van der Waals surface area contributed by atoms with E-state index in [1.807, 2.05) is 12.3 Å². The number of hydrogen-bond donors (Lipinski definition) is 0. The van der Waals surface area contributed by atoms with Gasteiger partial charge in [0.05, 0.1) is 0 Å². The highest BCUT2D eigenvalue weighted by molar-refractivity contribution is 6.32. The van der Waals surface area contributed by atoms with Gasteiger partial charge in [-0.2, -0.15) is 0 Å². The number of aromatic nitrogens is 1. The zero-order valence-electron chi connectivity index (χ0n) is 6.33. The quantitative estimate of drug-likeness (QED) is 0.518. The Balaban J connectivity index is 2.96. The van der Waals surface area contributed by atoms with Gasteiger partial charge in [0, 0.05) is 12.4 Å². The molecule has 1 aromatic heterocycles. The van der Waals surface area contributed by atoms with Crippen LogP contribution in [0.25, 0.3) is 0 Å². The zero-order valence-corrected chi connectivity index (χ0v) is 6.33. The Kier molecular flexibility index (Phi) is 2.10. The van der Waals surface area contributed by atoms with Crippen molar-refractivity contribution in [2.75, 3.05) is 0 Å². The molecule has 0 aliphatic heterocycles. The number of nitrogens with zero attached hydrogens (tertiary/aromatic N) is 1. The van der Waals surface area contributed by atoms with Gasteiger partial charge in [-0.25, -0.2) is 0 Å². The van der Waals surface area contributed by atoms with E-state index in [1.165, 1.54) is 5.56 Å². The first kappa shape index (κ1) is 7.32. The van der Waals surface area contributed by atoms with Crippen LogP contribution in [0.5, 0.6) is 0 Å². The molecule has 0 atom stereocenters. The van der Waals surface area contributed by atoms with Gasteiger partial charge in [0.15, 0.2) is 0 Å². The second kappa shape index (κ2) is 2.87. The molecule has 0 aliphatic rings. The van der Waals surface area contributed by atoms with Gasteiger partial charge in [-0.1, -0.05) is 25.4 Å². The summed E-state index contributed by atoms with van der Waals surface area (Å²) in [6.45, 7) is 4.24. The Labute approximate surface area is 62.9 Å². The van der Waals surface area contributed by atoms with Gasteiger partial charge in [0.25, 0.3) is 0 Å². The van der Waals surface area contributed by atoms with Gasteiger partial charge < -0.3 is 0 Å². The summed E-state index contributed by atoms with van der Waals surface area (Å²) in [6.07, 6.45) is 3.51. The summed E-state index contributed by atoms with van der Waals surface area (Å²) in [5, 5.41) is 0. The lowest BCUT2D eigenvalue weighted by Gasteiger charge is -2.03. The minimum Gasteiger partial charge on any atom is -0.265 e. The first-order chi connectivity index (χ1) is 4.70. The summed E-state index contributed by atoms with van der Waals surface area (Å²) in [7, 11) is 5.53. The molecule has 0 saturated heterocycles. The van der Waals surface area contributed by atoms with Gasteiger partial charge in [-0.05, 0) is 11.5 Å². The lowest BCUT2D eigenvalue weighted by atomic mass is 9.94. The minimum atomic E-state index is 0.510. The van der Waals surface area contributed by atoms with Crippen LogP contribution in [-0.2, 0) is 0 Å². The molecule has 0 N–H and O–H groups in total. The summed E-state index contributed by atoms with van der Waals surface area (Å²) in [5.41, 5.74) is 1.94. The molecule has 0 fully saturated rings. The third kappa shape index (κ3) is 1.60. The first-order valence-corrected chi connectivity index (χ1v) is 3.40. The molecule has 0 saturated carbocycles. The van der Waals surface area contributed by atoms with Gasteiger partial charge in [-0.3, -0.25) is 4.98 Å². The Bertz CT molecular complexity index is 220. The van der Waals surface area contributed by atoms with E-state index in [4.69, 9.17) is 7.85 Å². The van der Waals surface area contributed by atoms with Crippen LogP contribution in [0.3, 0.4) is 0 Å². The maximum absolute atomic E-state index is 5.53. The highest BCUT2D eigenvalue weighted by Crippen LogP contribution is 2.09. The average Bonchev–Trinajstić information content (AvgIpc) is 1.88. The van der Waals surface area contributed by atoms with Crippen LogP contribution < -0.4 is 5.46 Å². The summed E-state index contributed by atoms with van der Waals surface area (Å²) < 4.78 is 0. The Morgan fingerprint density at radius 3 is 2.50 bits per heavy atom. The Morgan fingerprint density at radius 1 is 1.40 bits per heavy atom. The monoisotopic (exact) mass is 131 g/mol. The highest BCUT2D eigenvalue weighted by Gasteiger charge is 1.96. The third-order valence-corrected chi connectivity index (χ3v) is 1.45. The standard InChI is InChI=1S/C8H10BN/c1-6(2)7-3-8(9)5-10-4-7/h3-6H,1-2H3. The fourth-order valence-electron chi connectivity index (χ4n) is 0.792. The maximum Gasteiger partial charge on any atom is 0.115 e. The van der Waals surface area contributed by atoms with Crippen molar-refractivity contribution in [1.29, 1.82) is 0 Å². The van der Waals surface area contributed by atoms with Crippen LogP contribution >= 0.6 is 0 Å². The second-order valence-corrected chi connectivity index (χ2v) is 2.71. The van der Waals surface area contributed by atoms with Crippen molar-refractivity contribution in [3.05, 3.63) is 24.0 Å². The predicted octanol–water partition coefficient (Wildman–Crippen LogP) is 0.999.